The third kappa shape index (κ3) is 7.03. The fourth-order valence-corrected chi connectivity index (χ4v) is 2.70. The highest BCUT2D eigenvalue weighted by Crippen LogP contribution is 2.14. The molecular weight excluding hydrogens is 434 g/mol. The predicted octanol–water partition coefficient (Wildman–Crippen LogP) is 3.32. The van der Waals surface area contributed by atoms with E-state index >= 15 is 0 Å². The van der Waals surface area contributed by atoms with Crippen molar-refractivity contribution in [1.29, 1.82) is 0 Å². The van der Waals surface area contributed by atoms with Gasteiger partial charge in [0, 0.05) is 40.8 Å². The highest BCUT2D eigenvalue weighted by molar-refractivity contribution is 9.10. The summed E-state index contributed by atoms with van der Waals surface area (Å²) in [6.45, 7) is 0.0972. The number of anilines is 1. The summed E-state index contributed by atoms with van der Waals surface area (Å²) in [6.07, 6.45) is 0.100. The number of carbonyl (C=O) groups is 3. The molecule has 0 heterocycles. The summed E-state index contributed by atoms with van der Waals surface area (Å²) in [5.74, 6) is -0.823. The van der Waals surface area contributed by atoms with Crippen molar-refractivity contribution in [3.63, 3.8) is 0 Å². The van der Waals surface area contributed by atoms with E-state index in [1.165, 1.54) is 11.9 Å². The Kier molecular flexibility index (Phi) is 7.82. The fourth-order valence-electron chi connectivity index (χ4n) is 2.25. The molecule has 0 aliphatic rings. The minimum Gasteiger partial charge on any atom is -0.352 e. The topological polar surface area (TPSA) is 78.5 Å². The van der Waals surface area contributed by atoms with Gasteiger partial charge in [0.1, 0.15) is 0 Å². The summed E-state index contributed by atoms with van der Waals surface area (Å²) < 4.78 is 0.881. The van der Waals surface area contributed by atoms with Gasteiger partial charge in [-0.05, 0) is 42.5 Å². The average Bonchev–Trinajstić information content (AvgIpc) is 2.61. The van der Waals surface area contributed by atoms with Crippen molar-refractivity contribution in [2.45, 2.75) is 6.42 Å². The number of amides is 3. The Bertz CT molecular complexity index is 827. The smallest absolute Gasteiger partial charge is 0.251 e. The highest BCUT2D eigenvalue weighted by atomic mass is 79.9. The molecule has 0 unspecified atom stereocenters. The molecule has 0 saturated carbocycles. The SMILES string of the molecule is CN(CC(=O)Nc1cccc(Cl)c1)C(=O)CCNC(=O)c1ccc(Br)cc1. The molecule has 6 nitrogen and oxygen atoms in total. The Morgan fingerprint density at radius 1 is 1.11 bits per heavy atom. The second-order valence-electron chi connectivity index (χ2n) is 5.82. The van der Waals surface area contributed by atoms with Crippen LogP contribution in [0, 0.1) is 0 Å². The number of nitrogens with one attached hydrogen (secondary N) is 2. The predicted molar refractivity (Wildman–Crippen MR) is 109 cm³/mol. The van der Waals surface area contributed by atoms with E-state index in [0.29, 0.717) is 16.3 Å². The van der Waals surface area contributed by atoms with Crippen molar-refractivity contribution in [3.05, 3.63) is 63.6 Å². The van der Waals surface area contributed by atoms with E-state index in [-0.39, 0.29) is 37.2 Å². The molecule has 0 spiro atoms. The van der Waals surface area contributed by atoms with E-state index < -0.39 is 0 Å². The van der Waals surface area contributed by atoms with Crippen LogP contribution in [0.4, 0.5) is 5.69 Å². The van der Waals surface area contributed by atoms with Crippen LogP contribution in [0.5, 0.6) is 0 Å². The van der Waals surface area contributed by atoms with Crippen molar-refractivity contribution in [2.75, 3.05) is 25.5 Å². The van der Waals surface area contributed by atoms with Crippen LogP contribution in [0.25, 0.3) is 0 Å². The van der Waals surface area contributed by atoms with Gasteiger partial charge in [-0.15, -0.1) is 0 Å². The minimum absolute atomic E-state index is 0.0913. The lowest BCUT2D eigenvalue weighted by molar-refractivity contribution is -0.133. The number of rotatable bonds is 7. The summed E-state index contributed by atoms with van der Waals surface area (Å²) in [5.41, 5.74) is 1.08. The van der Waals surface area contributed by atoms with E-state index in [9.17, 15) is 14.4 Å². The van der Waals surface area contributed by atoms with Gasteiger partial charge in [-0.25, -0.2) is 0 Å². The molecule has 142 valence electrons. The van der Waals surface area contributed by atoms with Gasteiger partial charge in [0.05, 0.1) is 6.54 Å². The third-order valence-corrected chi connectivity index (χ3v) is 4.41. The number of benzene rings is 2. The van der Waals surface area contributed by atoms with Crippen molar-refractivity contribution in [2.24, 2.45) is 0 Å². The van der Waals surface area contributed by atoms with Crippen molar-refractivity contribution in [1.82, 2.24) is 10.2 Å². The second-order valence-corrected chi connectivity index (χ2v) is 7.17. The molecule has 0 radical (unpaired) electrons. The maximum Gasteiger partial charge on any atom is 0.251 e. The molecule has 0 bridgehead atoms. The van der Waals surface area contributed by atoms with Gasteiger partial charge < -0.3 is 15.5 Å². The molecule has 2 N–H and O–H groups in total. The summed E-state index contributed by atoms with van der Waals surface area (Å²) in [7, 11) is 1.54. The minimum atomic E-state index is -0.327. The van der Waals surface area contributed by atoms with Crippen LogP contribution in [0.3, 0.4) is 0 Å². The number of hydrogen-bond acceptors (Lipinski definition) is 3. The molecule has 0 aliphatic carbocycles. The van der Waals surface area contributed by atoms with Crippen molar-refractivity contribution in [3.8, 4) is 0 Å². The van der Waals surface area contributed by atoms with E-state index in [1.807, 2.05) is 0 Å². The van der Waals surface area contributed by atoms with Gasteiger partial charge in [0.15, 0.2) is 0 Å². The Labute approximate surface area is 171 Å². The van der Waals surface area contributed by atoms with Gasteiger partial charge in [-0.1, -0.05) is 33.6 Å². The molecule has 0 aliphatic heterocycles. The van der Waals surface area contributed by atoms with Gasteiger partial charge in [-0.2, -0.15) is 0 Å². The van der Waals surface area contributed by atoms with E-state index in [2.05, 4.69) is 26.6 Å². The van der Waals surface area contributed by atoms with Crippen LogP contribution in [0.15, 0.2) is 53.0 Å². The van der Waals surface area contributed by atoms with Gasteiger partial charge in [0.2, 0.25) is 11.8 Å². The molecule has 2 aromatic carbocycles. The number of nitrogens with zero attached hydrogens (tertiary/aromatic N) is 1. The summed E-state index contributed by atoms with van der Waals surface area (Å²) in [5, 5.41) is 5.88. The number of halogens is 2. The lowest BCUT2D eigenvalue weighted by Gasteiger charge is -2.17. The van der Waals surface area contributed by atoms with Crippen LogP contribution >= 0.6 is 27.5 Å². The zero-order valence-electron chi connectivity index (χ0n) is 14.7. The normalized spacial score (nSPS) is 10.2. The van der Waals surface area contributed by atoms with Crippen molar-refractivity contribution < 1.29 is 14.4 Å². The summed E-state index contributed by atoms with van der Waals surface area (Å²) in [4.78, 5) is 37.4. The lowest BCUT2D eigenvalue weighted by Crippen LogP contribution is -2.37. The number of carbonyl (C=O) groups excluding carboxylic acids is 3. The summed E-state index contributed by atoms with van der Waals surface area (Å²) in [6, 6.07) is 13.7. The largest absolute Gasteiger partial charge is 0.352 e. The van der Waals surface area contributed by atoms with Crippen LogP contribution in [0.2, 0.25) is 5.02 Å². The van der Waals surface area contributed by atoms with Crippen LogP contribution < -0.4 is 10.6 Å². The van der Waals surface area contributed by atoms with E-state index in [1.54, 1.807) is 48.5 Å². The Hall–Kier alpha value is -2.38. The average molecular weight is 453 g/mol. The molecule has 0 aromatic heterocycles. The summed E-state index contributed by atoms with van der Waals surface area (Å²) >= 11 is 9.17. The zero-order valence-corrected chi connectivity index (χ0v) is 17.0. The Morgan fingerprint density at radius 2 is 1.81 bits per heavy atom. The molecule has 27 heavy (non-hydrogen) atoms. The van der Waals surface area contributed by atoms with Crippen LogP contribution in [0.1, 0.15) is 16.8 Å². The van der Waals surface area contributed by atoms with Crippen LogP contribution in [-0.2, 0) is 9.59 Å². The first-order valence-electron chi connectivity index (χ1n) is 8.18. The molecule has 0 atom stereocenters. The van der Waals surface area contributed by atoms with Gasteiger partial charge >= 0.3 is 0 Å². The first kappa shape index (κ1) is 20.9. The maximum absolute atomic E-state index is 12.1. The monoisotopic (exact) mass is 451 g/mol. The zero-order chi connectivity index (χ0) is 19.8. The third-order valence-electron chi connectivity index (χ3n) is 3.65. The standard InChI is InChI=1S/C19H19BrClN3O3/c1-24(12-17(25)23-16-4-2-3-15(21)11-16)18(26)9-10-22-19(27)13-5-7-14(20)8-6-13/h2-8,11H,9-10,12H2,1H3,(H,22,27)(H,23,25). The number of hydrogen-bond donors (Lipinski definition) is 2. The van der Waals surface area contributed by atoms with Crippen LogP contribution in [-0.4, -0.2) is 42.8 Å². The highest BCUT2D eigenvalue weighted by Gasteiger charge is 2.14. The Morgan fingerprint density at radius 3 is 2.48 bits per heavy atom. The quantitative estimate of drug-likeness (QED) is 0.676. The number of likely N-dealkylation sites (N-methyl/N-ethyl adjacent to an activating group) is 1. The maximum atomic E-state index is 12.1. The molecular formula is C19H19BrClN3O3. The molecule has 0 fully saturated rings. The van der Waals surface area contributed by atoms with E-state index in [4.69, 9.17) is 11.6 Å². The molecule has 3 amide bonds. The second kappa shape index (κ2) is 10.1. The Balaban J connectivity index is 1.74. The molecule has 8 heteroatoms. The first-order valence-corrected chi connectivity index (χ1v) is 9.35. The molecule has 2 aromatic rings. The van der Waals surface area contributed by atoms with Crippen molar-refractivity contribution >= 4 is 50.9 Å². The van der Waals surface area contributed by atoms with Gasteiger partial charge in [-0.3, -0.25) is 14.4 Å². The first-order chi connectivity index (χ1) is 12.8. The molecule has 0 saturated heterocycles. The fraction of sp³-hybridized carbons (Fsp3) is 0.211. The van der Waals surface area contributed by atoms with Gasteiger partial charge in [0.25, 0.3) is 5.91 Å². The lowest BCUT2D eigenvalue weighted by atomic mass is 10.2. The van der Waals surface area contributed by atoms with E-state index in [0.717, 1.165) is 4.47 Å². The molecule has 2 rings (SSSR count).